The Labute approximate surface area is 186 Å². The molecule has 4 aromatic carbocycles. The fourth-order valence-corrected chi connectivity index (χ4v) is 4.58. The molecule has 0 aromatic heterocycles. The standard InChI is InChI=1S/C28H23NO3/c30-26(23-14-8-12-21-11-4-5-13-22(21)23)19-28(32)24-15-6-7-16-25(24)29(27(28)31)18-17-20-9-2-1-3-10-20/h1-16,32H,17-19H2. The van der Waals surface area contributed by atoms with Gasteiger partial charge < -0.3 is 10.0 Å². The second kappa shape index (κ2) is 8.06. The number of fused-ring (bicyclic) bond motifs is 2. The summed E-state index contributed by atoms with van der Waals surface area (Å²) in [4.78, 5) is 28.4. The van der Waals surface area contributed by atoms with Crippen molar-refractivity contribution in [3.8, 4) is 0 Å². The molecule has 1 atom stereocenters. The van der Waals surface area contributed by atoms with E-state index in [1.165, 1.54) is 0 Å². The third kappa shape index (κ3) is 3.39. The normalized spacial score (nSPS) is 17.5. The van der Waals surface area contributed by atoms with Gasteiger partial charge in [0.1, 0.15) is 0 Å². The first-order chi connectivity index (χ1) is 15.6. The van der Waals surface area contributed by atoms with Gasteiger partial charge in [0.15, 0.2) is 11.4 Å². The Morgan fingerprint density at radius 1 is 0.812 bits per heavy atom. The smallest absolute Gasteiger partial charge is 0.264 e. The number of benzene rings is 4. The molecule has 0 radical (unpaired) electrons. The van der Waals surface area contributed by atoms with Crippen LogP contribution in [-0.4, -0.2) is 23.3 Å². The molecule has 1 heterocycles. The summed E-state index contributed by atoms with van der Waals surface area (Å²) in [6.45, 7) is 0.435. The summed E-state index contributed by atoms with van der Waals surface area (Å²) in [6, 6.07) is 30.3. The van der Waals surface area contributed by atoms with Crippen molar-refractivity contribution in [2.24, 2.45) is 0 Å². The van der Waals surface area contributed by atoms with Crippen molar-refractivity contribution in [3.05, 3.63) is 114 Å². The molecule has 158 valence electrons. The number of carbonyl (C=O) groups is 2. The molecule has 0 fully saturated rings. The molecule has 5 rings (SSSR count). The number of anilines is 1. The fourth-order valence-electron chi connectivity index (χ4n) is 4.58. The molecule has 4 aromatic rings. The molecule has 1 N–H and O–H groups in total. The zero-order valence-corrected chi connectivity index (χ0v) is 17.6. The van der Waals surface area contributed by atoms with E-state index in [1.54, 1.807) is 23.1 Å². The van der Waals surface area contributed by atoms with Crippen LogP contribution in [0.1, 0.15) is 27.9 Å². The highest BCUT2D eigenvalue weighted by Gasteiger charge is 2.50. The molecular formula is C28H23NO3. The highest BCUT2D eigenvalue weighted by molar-refractivity contribution is 6.13. The first-order valence-electron chi connectivity index (χ1n) is 10.8. The largest absolute Gasteiger partial charge is 0.375 e. The van der Waals surface area contributed by atoms with E-state index >= 15 is 0 Å². The third-order valence-corrected chi connectivity index (χ3v) is 6.21. The van der Waals surface area contributed by atoms with Gasteiger partial charge in [0, 0.05) is 17.7 Å². The van der Waals surface area contributed by atoms with E-state index in [2.05, 4.69) is 0 Å². The van der Waals surface area contributed by atoms with Gasteiger partial charge >= 0.3 is 0 Å². The zero-order chi connectivity index (χ0) is 22.1. The van der Waals surface area contributed by atoms with Gasteiger partial charge in [-0.05, 0) is 28.8 Å². The predicted molar refractivity (Wildman–Crippen MR) is 126 cm³/mol. The average Bonchev–Trinajstić information content (AvgIpc) is 3.04. The zero-order valence-electron chi connectivity index (χ0n) is 17.6. The molecule has 0 saturated carbocycles. The molecule has 4 heteroatoms. The lowest BCUT2D eigenvalue weighted by molar-refractivity contribution is -0.135. The summed E-state index contributed by atoms with van der Waals surface area (Å²) in [6.07, 6.45) is 0.368. The number of nitrogens with zero attached hydrogens (tertiary/aromatic N) is 1. The fraction of sp³-hybridized carbons (Fsp3) is 0.143. The second-order valence-electron chi connectivity index (χ2n) is 8.20. The molecule has 0 bridgehead atoms. The average molecular weight is 421 g/mol. The van der Waals surface area contributed by atoms with Crippen LogP contribution in [0.4, 0.5) is 5.69 Å². The number of para-hydroxylation sites is 1. The highest BCUT2D eigenvalue weighted by Crippen LogP contribution is 2.43. The van der Waals surface area contributed by atoms with E-state index in [4.69, 9.17) is 0 Å². The molecule has 0 saturated heterocycles. The molecule has 1 unspecified atom stereocenters. The van der Waals surface area contributed by atoms with Gasteiger partial charge in [0.25, 0.3) is 5.91 Å². The minimum Gasteiger partial charge on any atom is -0.375 e. The van der Waals surface area contributed by atoms with Crippen LogP contribution in [0.5, 0.6) is 0 Å². The Kier molecular flexibility index (Phi) is 5.08. The molecule has 4 nitrogen and oxygen atoms in total. The number of hydrogen-bond acceptors (Lipinski definition) is 3. The van der Waals surface area contributed by atoms with Crippen molar-refractivity contribution in [2.45, 2.75) is 18.4 Å². The Bertz CT molecular complexity index is 1310. The van der Waals surface area contributed by atoms with E-state index in [-0.39, 0.29) is 12.2 Å². The monoisotopic (exact) mass is 421 g/mol. The van der Waals surface area contributed by atoms with Crippen LogP contribution in [0.25, 0.3) is 10.8 Å². The van der Waals surface area contributed by atoms with E-state index < -0.39 is 11.5 Å². The quantitative estimate of drug-likeness (QED) is 0.451. The van der Waals surface area contributed by atoms with E-state index in [0.717, 1.165) is 16.3 Å². The lowest BCUT2D eigenvalue weighted by Gasteiger charge is -2.23. The molecule has 1 aliphatic heterocycles. The Hall–Kier alpha value is -3.76. The summed E-state index contributed by atoms with van der Waals surface area (Å²) in [7, 11) is 0. The van der Waals surface area contributed by atoms with Crippen molar-refractivity contribution in [1.29, 1.82) is 0 Å². The first-order valence-corrected chi connectivity index (χ1v) is 10.8. The summed E-state index contributed by atoms with van der Waals surface area (Å²) in [5.41, 5.74) is 0.916. The van der Waals surface area contributed by atoms with Gasteiger partial charge in [-0.3, -0.25) is 9.59 Å². The minimum atomic E-state index is -1.87. The van der Waals surface area contributed by atoms with E-state index in [1.807, 2.05) is 78.9 Å². The lowest BCUT2D eigenvalue weighted by Crippen LogP contribution is -2.42. The lowest BCUT2D eigenvalue weighted by atomic mass is 9.87. The molecule has 0 aliphatic carbocycles. The molecule has 32 heavy (non-hydrogen) atoms. The van der Waals surface area contributed by atoms with Crippen molar-refractivity contribution in [1.82, 2.24) is 0 Å². The number of rotatable bonds is 6. The van der Waals surface area contributed by atoms with Gasteiger partial charge in [0.05, 0.1) is 12.1 Å². The van der Waals surface area contributed by atoms with Crippen LogP contribution in [0.2, 0.25) is 0 Å². The maximum atomic E-state index is 13.5. The van der Waals surface area contributed by atoms with Crippen molar-refractivity contribution < 1.29 is 14.7 Å². The number of amides is 1. The number of ketones is 1. The Morgan fingerprint density at radius 2 is 1.50 bits per heavy atom. The van der Waals surface area contributed by atoms with E-state index in [9.17, 15) is 14.7 Å². The van der Waals surface area contributed by atoms with Gasteiger partial charge in [-0.15, -0.1) is 0 Å². The molecule has 1 amide bonds. The van der Waals surface area contributed by atoms with Crippen molar-refractivity contribution >= 4 is 28.2 Å². The van der Waals surface area contributed by atoms with Crippen LogP contribution in [0, 0.1) is 0 Å². The van der Waals surface area contributed by atoms with Crippen LogP contribution >= 0.6 is 0 Å². The molecule has 1 aliphatic rings. The van der Waals surface area contributed by atoms with Crippen LogP contribution in [-0.2, 0) is 16.8 Å². The van der Waals surface area contributed by atoms with Crippen LogP contribution in [0.3, 0.4) is 0 Å². The SMILES string of the molecule is O=C(CC1(O)C(=O)N(CCc2ccccc2)c2ccccc21)c1cccc2ccccc12. The number of hydrogen-bond donors (Lipinski definition) is 1. The predicted octanol–water partition coefficient (Wildman–Crippen LogP) is 4.89. The van der Waals surface area contributed by atoms with Gasteiger partial charge in [-0.25, -0.2) is 0 Å². The van der Waals surface area contributed by atoms with Gasteiger partial charge in [-0.1, -0.05) is 91.0 Å². The first kappa shape index (κ1) is 20.2. The summed E-state index contributed by atoms with van der Waals surface area (Å²) in [5, 5.41) is 13.3. The Morgan fingerprint density at radius 3 is 2.34 bits per heavy atom. The number of carbonyl (C=O) groups excluding carboxylic acids is 2. The topological polar surface area (TPSA) is 57.6 Å². The minimum absolute atomic E-state index is 0.252. The van der Waals surface area contributed by atoms with Crippen LogP contribution in [0.15, 0.2) is 97.1 Å². The molecular weight excluding hydrogens is 398 g/mol. The maximum absolute atomic E-state index is 13.5. The second-order valence-corrected chi connectivity index (χ2v) is 8.20. The van der Waals surface area contributed by atoms with E-state index in [0.29, 0.717) is 29.8 Å². The summed E-state index contributed by atoms with van der Waals surface area (Å²) in [5.74, 6) is -0.694. The number of aliphatic hydroxyl groups is 1. The van der Waals surface area contributed by atoms with Crippen LogP contribution < -0.4 is 4.90 Å². The summed E-state index contributed by atoms with van der Waals surface area (Å²) >= 11 is 0. The van der Waals surface area contributed by atoms with Crippen molar-refractivity contribution in [2.75, 3.05) is 11.4 Å². The Balaban J connectivity index is 1.46. The number of Topliss-reactive ketones (excluding diaryl/α,β-unsaturated/α-hetero) is 1. The summed E-state index contributed by atoms with van der Waals surface area (Å²) < 4.78 is 0. The van der Waals surface area contributed by atoms with Crippen molar-refractivity contribution in [3.63, 3.8) is 0 Å². The molecule has 0 spiro atoms. The van der Waals surface area contributed by atoms with Gasteiger partial charge in [-0.2, -0.15) is 0 Å². The maximum Gasteiger partial charge on any atom is 0.264 e. The highest BCUT2D eigenvalue weighted by atomic mass is 16.3. The third-order valence-electron chi connectivity index (χ3n) is 6.21. The van der Waals surface area contributed by atoms with Gasteiger partial charge in [0.2, 0.25) is 0 Å².